The van der Waals surface area contributed by atoms with E-state index in [-0.39, 0.29) is 23.7 Å². The molecular formula is C24H40N2O4. The fourth-order valence-electron chi connectivity index (χ4n) is 3.42. The van der Waals surface area contributed by atoms with Crippen LogP contribution in [0.15, 0.2) is 18.2 Å². The summed E-state index contributed by atoms with van der Waals surface area (Å²) in [6.45, 7) is 8.69. The number of hydrogen-bond donors (Lipinski definition) is 2. The van der Waals surface area contributed by atoms with Crippen LogP contribution in [0.2, 0.25) is 0 Å². The van der Waals surface area contributed by atoms with E-state index in [0.29, 0.717) is 24.5 Å². The minimum atomic E-state index is -0.511. The Labute approximate surface area is 182 Å². The van der Waals surface area contributed by atoms with Gasteiger partial charge in [0.25, 0.3) is 0 Å². The molecule has 0 aliphatic heterocycles. The molecule has 3 unspecified atom stereocenters. The Bertz CT molecular complexity index is 663. The van der Waals surface area contributed by atoms with Gasteiger partial charge in [0, 0.05) is 12.5 Å². The fraction of sp³-hybridized carbons (Fsp3) is 0.667. The molecule has 0 fully saturated rings. The second-order valence-electron chi connectivity index (χ2n) is 7.85. The van der Waals surface area contributed by atoms with Gasteiger partial charge in [0.1, 0.15) is 6.04 Å². The van der Waals surface area contributed by atoms with Gasteiger partial charge in [-0.3, -0.25) is 9.59 Å². The van der Waals surface area contributed by atoms with Crippen LogP contribution >= 0.6 is 0 Å². The highest BCUT2D eigenvalue weighted by molar-refractivity contribution is 5.88. The van der Waals surface area contributed by atoms with Crippen molar-refractivity contribution < 1.29 is 19.1 Å². The normalized spacial score (nSPS) is 13.8. The van der Waals surface area contributed by atoms with Crippen molar-refractivity contribution in [3.8, 4) is 11.5 Å². The quantitative estimate of drug-likeness (QED) is 0.475. The number of nitrogens with one attached hydrogen (secondary N) is 2. The molecule has 2 amide bonds. The molecule has 0 aliphatic carbocycles. The number of benzene rings is 1. The molecule has 0 aromatic heterocycles. The molecule has 1 rings (SSSR count). The van der Waals surface area contributed by atoms with Crippen LogP contribution in [-0.4, -0.2) is 38.6 Å². The van der Waals surface area contributed by atoms with E-state index in [0.717, 1.165) is 37.7 Å². The lowest BCUT2D eigenvalue weighted by molar-refractivity contribution is -0.132. The maximum absolute atomic E-state index is 12.8. The summed E-state index contributed by atoms with van der Waals surface area (Å²) in [7, 11) is 3.21. The Kier molecular flexibility index (Phi) is 11.9. The third-order valence-electron chi connectivity index (χ3n) is 5.72. The van der Waals surface area contributed by atoms with Gasteiger partial charge in [-0.05, 0) is 42.9 Å². The predicted octanol–water partition coefficient (Wildman–Crippen LogP) is 4.11. The SMILES string of the molecule is CCCCC(CC)C(=O)NC(C(=O)NCCc1ccc(OC)c(OC)c1)C(C)CC. The van der Waals surface area contributed by atoms with Crippen LogP contribution in [0.3, 0.4) is 0 Å². The summed E-state index contributed by atoms with van der Waals surface area (Å²) in [6.07, 6.45) is 5.24. The maximum atomic E-state index is 12.8. The zero-order valence-electron chi connectivity index (χ0n) is 19.5. The lowest BCUT2D eigenvalue weighted by Crippen LogP contribution is -2.52. The maximum Gasteiger partial charge on any atom is 0.242 e. The second-order valence-corrected chi connectivity index (χ2v) is 7.85. The number of carbonyl (C=O) groups is 2. The molecule has 1 aromatic carbocycles. The lowest BCUT2D eigenvalue weighted by Gasteiger charge is -2.26. The van der Waals surface area contributed by atoms with Crippen LogP contribution in [0.5, 0.6) is 11.5 Å². The van der Waals surface area contributed by atoms with E-state index in [9.17, 15) is 9.59 Å². The topological polar surface area (TPSA) is 76.7 Å². The number of methoxy groups -OCH3 is 2. The Hall–Kier alpha value is -2.24. The van der Waals surface area contributed by atoms with E-state index >= 15 is 0 Å². The van der Waals surface area contributed by atoms with Crippen molar-refractivity contribution in [2.75, 3.05) is 20.8 Å². The van der Waals surface area contributed by atoms with Gasteiger partial charge >= 0.3 is 0 Å². The summed E-state index contributed by atoms with van der Waals surface area (Å²) < 4.78 is 10.6. The highest BCUT2D eigenvalue weighted by Gasteiger charge is 2.28. The molecule has 170 valence electrons. The van der Waals surface area contributed by atoms with Gasteiger partial charge in [0.05, 0.1) is 14.2 Å². The second kappa shape index (κ2) is 13.9. The van der Waals surface area contributed by atoms with Gasteiger partial charge in [0.2, 0.25) is 11.8 Å². The van der Waals surface area contributed by atoms with Gasteiger partial charge in [0.15, 0.2) is 11.5 Å². The molecular weight excluding hydrogens is 380 g/mol. The molecule has 2 N–H and O–H groups in total. The van der Waals surface area contributed by atoms with Crippen LogP contribution in [0, 0.1) is 11.8 Å². The molecule has 1 aromatic rings. The van der Waals surface area contributed by atoms with Crippen molar-refractivity contribution in [3.63, 3.8) is 0 Å². The first-order valence-electron chi connectivity index (χ1n) is 11.2. The van der Waals surface area contributed by atoms with E-state index in [1.54, 1.807) is 14.2 Å². The van der Waals surface area contributed by atoms with Crippen molar-refractivity contribution in [2.45, 2.75) is 72.3 Å². The van der Waals surface area contributed by atoms with Gasteiger partial charge in [-0.25, -0.2) is 0 Å². The molecule has 0 radical (unpaired) electrons. The van der Waals surface area contributed by atoms with Crippen LogP contribution in [-0.2, 0) is 16.0 Å². The van der Waals surface area contributed by atoms with Crippen molar-refractivity contribution in [3.05, 3.63) is 23.8 Å². The highest BCUT2D eigenvalue weighted by Crippen LogP contribution is 2.27. The van der Waals surface area contributed by atoms with Crippen LogP contribution in [0.25, 0.3) is 0 Å². The van der Waals surface area contributed by atoms with Gasteiger partial charge in [-0.15, -0.1) is 0 Å². The third kappa shape index (κ3) is 7.88. The van der Waals surface area contributed by atoms with Gasteiger partial charge in [-0.2, -0.15) is 0 Å². The zero-order chi connectivity index (χ0) is 22.5. The smallest absolute Gasteiger partial charge is 0.242 e. The van der Waals surface area contributed by atoms with Crippen molar-refractivity contribution in [2.24, 2.45) is 11.8 Å². The number of unbranched alkanes of at least 4 members (excludes halogenated alkanes) is 1. The molecule has 30 heavy (non-hydrogen) atoms. The summed E-state index contributed by atoms with van der Waals surface area (Å²) in [5, 5.41) is 6.01. The zero-order valence-corrected chi connectivity index (χ0v) is 19.5. The summed E-state index contributed by atoms with van der Waals surface area (Å²) in [5.74, 6) is 1.26. The Balaban J connectivity index is 2.70. The lowest BCUT2D eigenvalue weighted by atomic mass is 9.94. The Morgan fingerprint density at radius 1 is 1.00 bits per heavy atom. The largest absolute Gasteiger partial charge is 0.493 e. The molecule has 0 saturated carbocycles. The van der Waals surface area contributed by atoms with E-state index in [1.165, 1.54) is 0 Å². The molecule has 0 bridgehead atoms. The molecule has 6 heteroatoms. The first kappa shape index (κ1) is 25.8. The first-order valence-corrected chi connectivity index (χ1v) is 11.2. The number of ether oxygens (including phenoxy) is 2. The van der Waals surface area contributed by atoms with Gasteiger partial charge < -0.3 is 20.1 Å². The summed E-state index contributed by atoms with van der Waals surface area (Å²) in [6, 6.07) is 5.22. The minimum absolute atomic E-state index is 0.00806. The average Bonchev–Trinajstić information content (AvgIpc) is 2.77. The number of hydrogen-bond acceptors (Lipinski definition) is 4. The van der Waals surface area contributed by atoms with E-state index in [1.807, 2.05) is 39.0 Å². The molecule has 3 atom stereocenters. The van der Waals surface area contributed by atoms with Crippen molar-refractivity contribution in [1.29, 1.82) is 0 Å². The number of rotatable bonds is 14. The standard InChI is InChI=1S/C24H40N2O4/c1-7-10-11-19(9-3)23(27)26-22(17(4)8-2)24(28)25-15-14-18-12-13-20(29-5)21(16-18)30-6/h12-13,16-17,19,22H,7-11,14-15H2,1-6H3,(H,25,28)(H,26,27). The predicted molar refractivity (Wildman–Crippen MR) is 121 cm³/mol. The summed E-state index contributed by atoms with van der Waals surface area (Å²) >= 11 is 0. The Morgan fingerprint density at radius 2 is 1.70 bits per heavy atom. The van der Waals surface area contributed by atoms with Crippen LogP contribution in [0.4, 0.5) is 0 Å². The monoisotopic (exact) mass is 420 g/mol. The average molecular weight is 421 g/mol. The molecule has 0 aliphatic rings. The molecule has 0 spiro atoms. The first-order chi connectivity index (χ1) is 14.4. The fourth-order valence-corrected chi connectivity index (χ4v) is 3.42. The third-order valence-corrected chi connectivity index (χ3v) is 5.72. The van der Waals surface area contributed by atoms with Crippen molar-refractivity contribution >= 4 is 11.8 Å². The van der Waals surface area contributed by atoms with E-state index < -0.39 is 6.04 Å². The van der Waals surface area contributed by atoms with Crippen LogP contribution < -0.4 is 20.1 Å². The van der Waals surface area contributed by atoms with Crippen LogP contribution in [0.1, 0.15) is 65.4 Å². The molecule has 6 nitrogen and oxygen atoms in total. The van der Waals surface area contributed by atoms with Gasteiger partial charge in [-0.1, -0.05) is 53.0 Å². The summed E-state index contributed by atoms with van der Waals surface area (Å²) in [4.78, 5) is 25.6. The minimum Gasteiger partial charge on any atom is -0.493 e. The Morgan fingerprint density at radius 3 is 2.27 bits per heavy atom. The highest BCUT2D eigenvalue weighted by atomic mass is 16.5. The number of carbonyl (C=O) groups excluding carboxylic acids is 2. The molecule has 0 saturated heterocycles. The van der Waals surface area contributed by atoms with E-state index in [4.69, 9.17) is 9.47 Å². The van der Waals surface area contributed by atoms with E-state index in [2.05, 4.69) is 17.6 Å². The summed E-state index contributed by atoms with van der Waals surface area (Å²) in [5.41, 5.74) is 1.04. The van der Waals surface area contributed by atoms with Crippen molar-refractivity contribution in [1.82, 2.24) is 10.6 Å². The molecule has 0 heterocycles. The number of amides is 2.